The number of hydrogen-bond donors (Lipinski definition) is 2. The number of esters is 1. The number of ether oxygens (including phenoxy) is 1. The van der Waals surface area contributed by atoms with Gasteiger partial charge in [-0.1, -0.05) is 41.9 Å². The summed E-state index contributed by atoms with van der Waals surface area (Å²) in [6.45, 7) is 4.97. The molecule has 2 heterocycles. The Morgan fingerprint density at radius 2 is 1.98 bits per heavy atom. The molecule has 0 bridgehead atoms. The van der Waals surface area contributed by atoms with E-state index in [1.54, 1.807) is 32.0 Å². The van der Waals surface area contributed by atoms with Crippen LogP contribution in [0.25, 0.3) is 5.69 Å². The summed E-state index contributed by atoms with van der Waals surface area (Å²) in [4.78, 5) is 40.5. The minimum Gasteiger partial charge on any atom is -0.466 e. The molecule has 0 radical (unpaired) electrons. The second kappa shape index (κ2) is 14.0. The molecule has 1 fully saturated rings. The van der Waals surface area contributed by atoms with Crippen molar-refractivity contribution in [1.82, 2.24) is 35.7 Å². The van der Waals surface area contributed by atoms with Crippen molar-refractivity contribution in [3.8, 4) is 5.69 Å². The third-order valence-electron chi connectivity index (χ3n) is 7.04. The van der Waals surface area contributed by atoms with E-state index in [0.29, 0.717) is 36.8 Å². The predicted octanol–water partition coefficient (Wildman–Crippen LogP) is 2.64. The first kappa shape index (κ1) is 29.2. The highest BCUT2D eigenvalue weighted by Crippen LogP contribution is 2.32. The molecule has 1 saturated heterocycles. The van der Waals surface area contributed by atoms with E-state index in [1.807, 2.05) is 23.1 Å². The number of carbonyl (C=O) groups is 3. The molecule has 2 aromatic carbocycles. The molecular weight excluding hydrogens is 534 g/mol. The number of amides is 2. The zero-order valence-corrected chi connectivity index (χ0v) is 23.4. The third kappa shape index (κ3) is 7.64. The molecule has 2 N–H and O–H groups in total. The van der Waals surface area contributed by atoms with Crippen LogP contribution in [0.2, 0.25) is 5.02 Å². The highest BCUT2D eigenvalue weighted by atomic mass is 35.5. The van der Waals surface area contributed by atoms with E-state index in [2.05, 4.69) is 38.3 Å². The summed E-state index contributed by atoms with van der Waals surface area (Å²) >= 11 is 6.18. The highest BCUT2D eigenvalue weighted by Gasteiger charge is 2.35. The normalized spacial score (nSPS) is 18.1. The second-order valence-electron chi connectivity index (χ2n) is 9.71. The quantitative estimate of drug-likeness (QED) is 0.338. The van der Waals surface area contributed by atoms with Crippen LogP contribution >= 0.6 is 11.6 Å². The molecule has 1 unspecified atom stereocenters. The monoisotopic (exact) mass is 567 g/mol. The van der Waals surface area contributed by atoms with Crippen molar-refractivity contribution >= 4 is 29.4 Å². The molecule has 4 rings (SSSR count). The summed E-state index contributed by atoms with van der Waals surface area (Å²) < 4.78 is 6.56. The Morgan fingerprint density at radius 1 is 1.18 bits per heavy atom. The van der Waals surface area contributed by atoms with Crippen molar-refractivity contribution in [2.24, 2.45) is 0 Å². The van der Waals surface area contributed by atoms with Gasteiger partial charge in [0.1, 0.15) is 12.4 Å². The maximum absolute atomic E-state index is 13.5. The molecule has 40 heavy (non-hydrogen) atoms. The Hall–Kier alpha value is -3.83. The first-order valence-corrected chi connectivity index (χ1v) is 13.8. The minimum absolute atomic E-state index is 0.167. The van der Waals surface area contributed by atoms with Crippen molar-refractivity contribution in [3.05, 3.63) is 71.0 Å². The Morgan fingerprint density at radius 3 is 2.70 bits per heavy atom. The molecule has 11 nitrogen and oxygen atoms in total. The number of halogens is 1. The number of likely N-dealkylation sites (tertiary alicyclic amines) is 1. The van der Waals surface area contributed by atoms with E-state index in [-0.39, 0.29) is 36.7 Å². The average Bonchev–Trinajstić information content (AvgIpc) is 3.50. The van der Waals surface area contributed by atoms with Crippen molar-refractivity contribution in [2.75, 3.05) is 19.7 Å². The summed E-state index contributed by atoms with van der Waals surface area (Å²) in [5, 5.41) is 17.5. The molecule has 12 heteroatoms. The number of nitrogens with one attached hydrogen (secondary N) is 2. The van der Waals surface area contributed by atoms with Gasteiger partial charge in [0.05, 0.1) is 24.8 Å². The number of nitrogens with zero attached hydrogens (tertiary/aromatic N) is 5. The predicted molar refractivity (Wildman–Crippen MR) is 149 cm³/mol. The lowest BCUT2D eigenvalue weighted by Crippen LogP contribution is -2.55. The molecule has 212 valence electrons. The van der Waals surface area contributed by atoms with Gasteiger partial charge in [-0.05, 0) is 78.9 Å². The number of rotatable bonds is 11. The van der Waals surface area contributed by atoms with E-state index < -0.39 is 12.1 Å². The third-order valence-corrected chi connectivity index (χ3v) is 7.27. The molecule has 1 aliphatic rings. The number of aromatic nitrogens is 4. The fraction of sp³-hybridized carbons (Fsp3) is 0.429. The summed E-state index contributed by atoms with van der Waals surface area (Å²) in [5.41, 5.74) is 2.57. The standard InChI is InChI=1S/C28H34ClN7O4/c1-3-40-26(37)12-14-35-13-11-21(20-7-5-4-6-8-20)16-25(35)28(39)32-19(2)27(38)30-17-22-15-23(29)9-10-24(22)36-18-31-33-34-36/h4-10,15,18-19,21,25H,3,11-14,16-17H2,1-2H3,(H,30,38)(H,32,39)/t19?,21-,25+/m0/s1. The fourth-order valence-electron chi connectivity index (χ4n) is 4.95. The van der Waals surface area contributed by atoms with Crippen LogP contribution in [0, 0.1) is 0 Å². The molecular formula is C28H34ClN7O4. The van der Waals surface area contributed by atoms with Gasteiger partial charge in [-0.3, -0.25) is 19.3 Å². The van der Waals surface area contributed by atoms with E-state index >= 15 is 0 Å². The van der Waals surface area contributed by atoms with Gasteiger partial charge in [0.25, 0.3) is 0 Å². The van der Waals surface area contributed by atoms with Gasteiger partial charge < -0.3 is 15.4 Å². The van der Waals surface area contributed by atoms with Crippen LogP contribution in [0.1, 0.15) is 50.2 Å². The summed E-state index contributed by atoms with van der Waals surface area (Å²) in [5.74, 6) is -0.678. The lowest BCUT2D eigenvalue weighted by molar-refractivity contribution is -0.144. The maximum atomic E-state index is 13.5. The van der Waals surface area contributed by atoms with Gasteiger partial charge >= 0.3 is 5.97 Å². The maximum Gasteiger partial charge on any atom is 0.307 e. The molecule has 0 spiro atoms. The zero-order valence-electron chi connectivity index (χ0n) is 22.6. The van der Waals surface area contributed by atoms with Crippen molar-refractivity contribution in [1.29, 1.82) is 0 Å². The van der Waals surface area contributed by atoms with Gasteiger partial charge in [-0.25, -0.2) is 4.68 Å². The van der Waals surface area contributed by atoms with Gasteiger partial charge in [-0.15, -0.1) is 5.10 Å². The number of tetrazole rings is 1. The topological polar surface area (TPSA) is 131 Å². The van der Waals surface area contributed by atoms with Gasteiger partial charge in [-0.2, -0.15) is 0 Å². The number of hydrogen-bond acceptors (Lipinski definition) is 8. The van der Waals surface area contributed by atoms with E-state index in [9.17, 15) is 14.4 Å². The van der Waals surface area contributed by atoms with Gasteiger partial charge in [0, 0.05) is 18.1 Å². The SMILES string of the molecule is CCOC(=O)CCN1CC[C@H](c2ccccc2)C[C@@H]1C(=O)NC(C)C(=O)NCc1cc(Cl)ccc1-n1cnnn1. The zero-order chi connectivity index (χ0) is 28.5. The van der Waals surface area contributed by atoms with Crippen LogP contribution in [0.5, 0.6) is 0 Å². The van der Waals surface area contributed by atoms with Crippen molar-refractivity contribution in [3.63, 3.8) is 0 Å². The number of carbonyl (C=O) groups excluding carboxylic acids is 3. The number of benzene rings is 2. The van der Waals surface area contributed by atoms with Crippen LogP contribution in [-0.4, -0.2) is 74.7 Å². The molecule has 1 aliphatic heterocycles. The largest absolute Gasteiger partial charge is 0.466 e. The summed E-state index contributed by atoms with van der Waals surface area (Å²) in [6, 6.07) is 14.1. The van der Waals surface area contributed by atoms with Crippen LogP contribution in [0.4, 0.5) is 0 Å². The minimum atomic E-state index is -0.785. The van der Waals surface area contributed by atoms with Crippen LogP contribution in [0.15, 0.2) is 54.9 Å². The molecule has 2 amide bonds. The first-order chi connectivity index (χ1) is 19.4. The smallest absolute Gasteiger partial charge is 0.307 e. The summed E-state index contributed by atoms with van der Waals surface area (Å²) in [7, 11) is 0. The lowest BCUT2D eigenvalue weighted by Gasteiger charge is -2.39. The van der Waals surface area contributed by atoms with Crippen LogP contribution in [-0.2, 0) is 25.7 Å². The Bertz CT molecular complexity index is 1290. The fourth-order valence-corrected chi connectivity index (χ4v) is 5.15. The average molecular weight is 568 g/mol. The number of piperidine rings is 1. The Balaban J connectivity index is 1.40. The second-order valence-corrected chi connectivity index (χ2v) is 10.2. The van der Waals surface area contributed by atoms with E-state index in [0.717, 1.165) is 12.0 Å². The summed E-state index contributed by atoms with van der Waals surface area (Å²) in [6.07, 6.45) is 3.12. The van der Waals surface area contributed by atoms with Gasteiger partial charge in [0.15, 0.2) is 0 Å². The highest BCUT2D eigenvalue weighted by molar-refractivity contribution is 6.30. The Labute approximate surface area is 238 Å². The molecule has 3 aromatic rings. The Kier molecular flexibility index (Phi) is 10.2. The molecule has 3 atom stereocenters. The van der Waals surface area contributed by atoms with Crippen LogP contribution < -0.4 is 10.6 Å². The van der Waals surface area contributed by atoms with Crippen molar-refractivity contribution in [2.45, 2.75) is 57.7 Å². The van der Waals surface area contributed by atoms with Crippen LogP contribution in [0.3, 0.4) is 0 Å². The van der Waals surface area contributed by atoms with Gasteiger partial charge in [0.2, 0.25) is 11.8 Å². The van der Waals surface area contributed by atoms with Crippen molar-refractivity contribution < 1.29 is 19.1 Å². The molecule has 0 saturated carbocycles. The van der Waals surface area contributed by atoms with E-state index in [4.69, 9.17) is 16.3 Å². The van der Waals surface area contributed by atoms with E-state index in [1.165, 1.54) is 16.6 Å². The first-order valence-electron chi connectivity index (χ1n) is 13.4. The lowest BCUT2D eigenvalue weighted by atomic mass is 9.84. The molecule has 1 aromatic heterocycles. The molecule has 0 aliphatic carbocycles.